The summed E-state index contributed by atoms with van der Waals surface area (Å²) in [5, 5.41) is 3.86. The second-order valence-electron chi connectivity index (χ2n) is 4.98. The zero-order chi connectivity index (χ0) is 16.7. The molecule has 0 fully saturated rings. The number of nitrogens with one attached hydrogen (secondary N) is 1. The van der Waals surface area contributed by atoms with Crippen LogP contribution in [0.15, 0.2) is 64.6 Å². The minimum absolute atomic E-state index is 0.0132. The van der Waals surface area contributed by atoms with Gasteiger partial charge in [0.2, 0.25) is 0 Å². The molecule has 0 aliphatic rings. The van der Waals surface area contributed by atoms with Gasteiger partial charge in [0.05, 0.1) is 11.5 Å². The second kappa shape index (κ2) is 7.78. The molecule has 2 aromatic carbocycles. The second-order valence-corrected chi connectivity index (χ2v) is 6.64. The first-order valence-electron chi connectivity index (χ1n) is 7.35. The van der Waals surface area contributed by atoms with Gasteiger partial charge >= 0.3 is 0 Å². The Bertz CT molecular complexity index is 741. The van der Waals surface area contributed by atoms with Crippen molar-refractivity contribution < 1.29 is 13.2 Å². The molecule has 0 saturated carbocycles. The van der Waals surface area contributed by atoms with Crippen LogP contribution in [0.5, 0.6) is 5.75 Å². The minimum Gasteiger partial charge on any atom is -0.494 e. The molecule has 0 bridgehead atoms. The zero-order valence-corrected chi connectivity index (χ0v) is 14.0. The van der Waals surface area contributed by atoms with Crippen molar-refractivity contribution in [2.75, 3.05) is 6.61 Å². The van der Waals surface area contributed by atoms with E-state index in [1.54, 1.807) is 18.3 Å². The maximum absolute atomic E-state index is 12.2. The first-order chi connectivity index (χ1) is 11.0. The zero-order valence-electron chi connectivity index (χ0n) is 13.1. The van der Waals surface area contributed by atoms with Crippen LogP contribution in [-0.4, -0.2) is 21.2 Å². The van der Waals surface area contributed by atoms with Gasteiger partial charge in [0.15, 0.2) is 0 Å². The van der Waals surface area contributed by atoms with Gasteiger partial charge < -0.3 is 4.74 Å². The average molecular weight is 332 g/mol. The molecule has 122 valence electrons. The van der Waals surface area contributed by atoms with E-state index in [0.717, 1.165) is 5.56 Å². The van der Waals surface area contributed by atoms with Crippen molar-refractivity contribution in [3.63, 3.8) is 0 Å². The van der Waals surface area contributed by atoms with Gasteiger partial charge in [0.1, 0.15) is 5.75 Å². The quantitative estimate of drug-likeness (QED) is 0.625. The lowest BCUT2D eigenvalue weighted by Gasteiger charge is -2.07. The number of nitrogens with zero attached hydrogens (tertiary/aromatic N) is 1. The first kappa shape index (κ1) is 17.0. The molecule has 1 N–H and O–H groups in total. The summed E-state index contributed by atoms with van der Waals surface area (Å²) in [5.74, 6) is 0.645. The lowest BCUT2D eigenvalue weighted by Crippen LogP contribution is -2.18. The Morgan fingerprint density at radius 1 is 1.13 bits per heavy atom. The van der Waals surface area contributed by atoms with E-state index in [4.69, 9.17) is 4.74 Å². The Morgan fingerprint density at radius 2 is 1.78 bits per heavy atom. The Morgan fingerprint density at radius 3 is 2.39 bits per heavy atom. The summed E-state index contributed by atoms with van der Waals surface area (Å²) in [6.45, 7) is 4.35. The highest BCUT2D eigenvalue weighted by atomic mass is 32.2. The average Bonchev–Trinajstić information content (AvgIpc) is 2.56. The van der Waals surface area contributed by atoms with Crippen molar-refractivity contribution in [1.29, 1.82) is 0 Å². The van der Waals surface area contributed by atoms with Crippen LogP contribution in [0.25, 0.3) is 0 Å². The molecule has 0 aliphatic heterocycles. The van der Waals surface area contributed by atoms with Crippen molar-refractivity contribution in [2.24, 2.45) is 5.10 Å². The van der Waals surface area contributed by atoms with E-state index in [1.165, 1.54) is 12.1 Å². The minimum atomic E-state index is -3.67. The van der Waals surface area contributed by atoms with Crippen LogP contribution in [0.3, 0.4) is 0 Å². The predicted octanol–water partition coefficient (Wildman–Crippen LogP) is 3.15. The fraction of sp³-hybridized carbons (Fsp3) is 0.235. The summed E-state index contributed by atoms with van der Waals surface area (Å²) >= 11 is 0. The van der Waals surface area contributed by atoms with Crippen LogP contribution < -0.4 is 9.57 Å². The molecular weight excluding hydrogens is 312 g/mol. The summed E-state index contributed by atoms with van der Waals surface area (Å²) in [5.41, 5.74) is 1.07. The van der Waals surface area contributed by atoms with Gasteiger partial charge in [0.25, 0.3) is 10.0 Å². The fourth-order valence-corrected chi connectivity index (χ4v) is 2.79. The van der Waals surface area contributed by atoms with Crippen LogP contribution in [0.4, 0.5) is 0 Å². The number of ether oxygens (including phenoxy) is 1. The Kier molecular flexibility index (Phi) is 5.76. The van der Waals surface area contributed by atoms with Crippen molar-refractivity contribution in [3.05, 3.63) is 60.2 Å². The van der Waals surface area contributed by atoms with Crippen LogP contribution in [-0.2, 0) is 10.0 Å². The number of benzene rings is 2. The molecule has 0 aromatic heterocycles. The van der Waals surface area contributed by atoms with Crippen LogP contribution in [0.2, 0.25) is 0 Å². The van der Waals surface area contributed by atoms with Gasteiger partial charge in [-0.05, 0) is 36.8 Å². The van der Waals surface area contributed by atoms with E-state index in [-0.39, 0.29) is 10.8 Å². The Balaban J connectivity index is 2.02. The molecule has 5 nitrogen and oxygen atoms in total. The molecule has 6 heteroatoms. The molecule has 0 spiro atoms. The molecule has 1 unspecified atom stereocenters. The molecule has 0 aliphatic carbocycles. The van der Waals surface area contributed by atoms with Crippen molar-refractivity contribution in [2.45, 2.75) is 24.7 Å². The summed E-state index contributed by atoms with van der Waals surface area (Å²) in [4.78, 5) is 2.37. The van der Waals surface area contributed by atoms with Gasteiger partial charge in [-0.15, -0.1) is 0 Å². The van der Waals surface area contributed by atoms with Gasteiger partial charge in [-0.25, -0.2) is 4.83 Å². The number of rotatable bonds is 7. The van der Waals surface area contributed by atoms with Crippen LogP contribution in [0.1, 0.15) is 25.3 Å². The smallest absolute Gasteiger partial charge is 0.276 e. The van der Waals surface area contributed by atoms with Crippen molar-refractivity contribution in [3.8, 4) is 5.75 Å². The number of sulfonamides is 1. The summed E-state index contributed by atoms with van der Waals surface area (Å²) in [6, 6.07) is 16.0. The normalized spacial score (nSPS) is 13.0. The lowest BCUT2D eigenvalue weighted by atomic mass is 10.0. The van der Waals surface area contributed by atoms with Crippen molar-refractivity contribution >= 4 is 16.2 Å². The largest absolute Gasteiger partial charge is 0.494 e. The molecule has 1 atom stereocenters. The Hall–Kier alpha value is -2.34. The van der Waals surface area contributed by atoms with E-state index in [2.05, 4.69) is 9.93 Å². The lowest BCUT2D eigenvalue weighted by molar-refractivity contribution is 0.340. The molecule has 0 radical (unpaired) electrons. The number of hydrazone groups is 1. The predicted molar refractivity (Wildman–Crippen MR) is 91.3 cm³/mol. The third-order valence-electron chi connectivity index (χ3n) is 3.24. The van der Waals surface area contributed by atoms with Crippen molar-refractivity contribution in [1.82, 2.24) is 4.83 Å². The van der Waals surface area contributed by atoms with E-state index in [1.807, 2.05) is 44.2 Å². The molecule has 2 rings (SSSR count). The first-order valence-corrected chi connectivity index (χ1v) is 8.84. The molecule has 0 saturated heterocycles. The van der Waals surface area contributed by atoms with E-state index in [0.29, 0.717) is 12.4 Å². The highest BCUT2D eigenvalue weighted by molar-refractivity contribution is 7.89. The molecule has 0 amide bonds. The van der Waals surface area contributed by atoms with Gasteiger partial charge in [-0.2, -0.15) is 13.5 Å². The molecule has 23 heavy (non-hydrogen) atoms. The van der Waals surface area contributed by atoms with Gasteiger partial charge in [0, 0.05) is 12.1 Å². The topological polar surface area (TPSA) is 67.8 Å². The molecular formula is C17H20N2O3S. The SMILES string of the molecule is CCOc1ccc(S(=O)(=O)N/N=C/C(C)c2ccccc2)cc1. The van der Waals surface area contributed by atoms with Crippen LogP contribution >= 0.6 is 0 Å². The van der Waals surface area contributed by atoms with Gasteiger partial charge in [-0.3, -0.25) is 0 Å². The maximum Gasteiger partial charge on any atom is 0.276 e. The third-order valence-corrected chi connectivity index (χ3v) is 4.48. The summed E-state index contributed by atoms with van der Waals surface area (Å²) < 4.78 is 29.6. The summed E-state index contributed by atoms with van der Waals surface area (Å²) in [6.07, 6.45) is 1.57. The van der Waals surface area contributed by atoms with E-state index in [9.17, 15) is 8.42 Å². The number of hydrogen-bond donors (Lipinski definition) is 1. The Labute approximate surface area is 137 Å². The highest BCUT2D eigenvalue weighted by Gasteiger charge is 2.12. The molecule has 2 aromatic rings. The third kappa shape index (κ3) is 4.82. The monoisotopic (exact) mass is 332 g/mol. The van der Waals surface area contributed by atoms with Crippen LogP contribution in [0, 0.1) is 0 Å². The number of hydrogen-bond acceptors (Lipinski definition) is 4. The highest BCUT2D eigenvalue weighted by Crippen LogP contribution is 2.16. The molecule has 0 heterocycles. The maximum atomic E-state index is 12.2. The standard InChI is InChI=1S/C17H20N2O3S/c1-3-22-16-9-11-17(12-10-16)23(20,21)19-18-13-14(2)15-7-5-4-6-8-15/h4-14,19H,3H2,1-2H3/b18-13+. The fourth-order valence-electron chi connectivity index (χ4n) is 1.99. The summed E-state index contributed by atoms with van der Waals surface area (Å²) in [7, 11) is -3.67. The van der Waals surface area contributed by atoms with Gasteiger partial charge in [-0.1, -0.05) is 37.3 Å². The van der Waals surface area contributed by atoms with E-state index >= 15 is 0 Å². The van der Waals surface area contributed by atoms with E-state index < -0.39 is 10.0 Å².